The van der Waals surface area contributed by atoms with Crippen LogP contribution in [0.1, 0.15) is 51.4 Å². The molecule has 2 amide bonds. The molecule has 1 atom stereocenters. The number of benzene rings is 1. The average molecular weight is 463 g/mol. The Morgan fingerprint density at radius 3 is 2.50 bits per heavy atom. The minimum atomic E-state index is -0.950. The van der Waals surface area contributed by atoms with Gasteiger partial charge < -0.3 is 15.4 Å². The van der Waals surface area contributed by atoms with E-state index in [2.05, 4.69) is 15.6 Å². The first-order valence-electron chi connectivity index (χ1n) is 10.0. The third-order valence-electron chi connectivity index (χ3n) is 4.23. The third kappa shape index (κ3) is 7.41. The summed E-state index contributed by atoms with van der Waals surface area (Å²) in [5, 5.41) is 18.8. The van der Waals surface area contributed by atoms with E-state index in [9.17, 15) is 24.5 Å². The van der Waals surface area contributed by atoms with Crippen molar-refractivity contribution < 1.29 is 24.0 Å². The number of nitro groups is 1. The molecule has 0 saturated carbocycles. The van der Waals surface area contributed by atoms with E-state index < -0.39 is 22.8 Å². The van der Waals surface area contributed by atoms with E-state index in [0.717, 1.165) is 0 Å². The lowest BCUT2D eigenvalue weighted by molar-refractivity contribution is -0.385. The van der Waals surface area contributed by atoms with Crippen molar-refractivity contribution in [3.63, 3.8) is 0 Å². The van der Waals surface area contributed by atoms with Crippen molar-refractivity contribution in [2.45, 2.75) is 52.7 Å². The summed E-state index contributed by atoms with van der Waals surface area (Å²) in [6.45, 7) is 6.89. The van der Waals surface area contributed by atoms with Crippen molar-refractivity contribution in [2.75, 3.05) is 5.32 Å². The number of carbonyl (C=O) groups is 3. The molecule has 172 valence electrons. The molecule has 0 saturated heterocycles. The van der Waals surface area contributed by atoms with Crippen LogP contribution < -0.4 is 10.6 Å². The Morgan fingerprint density at radius 2 is 1.88 bits per heavy atom. The second-order valence-corrected chi connectivity index (χ2v) is 8.50. The van der Waals surface area contributed by atoms with Crippen LogP contribution in [0.4, 0.5) is 10.8 Å². The smallest absolute Gasteiger partial charge is 0.308 e. The van der Waals surface area contributed by atoms with Crippen molar-refractivity contribution in [2.24, 2.45) is 5.92 Å². The Kier molecular flexibility index (Phi) is 8.82. The highest BCUT2D eigenvalue weighted by atomic mass is 32.1. The normalized spacial score (nSPS) is 11.8. The summed E-state index contributed by atoms with van der Waals surface area (Å²) in [6.07, 6.45) is -0.745. The van der Waals surface area contributed by atoms with Gasteiger partial charge in [0.2, 0.25) is 11.8 Å². The molecule has 1 unspecified atom stereocenters. The second kappa shape index (κ2) is 11.3. The Balaban J connectivity index is 2.16. The molecule has 2 N–H and O–H groups in total. The molecule has 32 heavy (non-hydrogen) atoms. The predicted octanol–water partition coefficient (Wildman–Crippen LogP) is 3.39. The first-order chi connectivity index (χ1) is 15.1. The number of aromatic nitrogens is 1. The minimum absolute atomic E-state index is 0.121. The van der Waals surface area contributed by atoms with Gasteiger partial charge >= 0.3 is 5.97 Å². The van der Waals surface area contributed by atoms with E-state index in [0.29, 0.717) is 10.8 Å². The minimum Gasteiger partial charge on any atom is -0.463 e. The molecule has 0 spiro atoms. The summed E-state index contributed by atoms with van der Waals surface area (Å²) in [5.74, 6) is -1.46. The van der Waals surface area contributed by atoms with E-state index in [1.807, 2.05) is 0 Å². The second-order valence-electron chi connectivity index (χ2n) is 7.64. The van der Waals surface area contributed by atoms with E-state index in [4.69, 9.17) is 4.74 Å². The Morgan fingerprint density at radius 1 is 1.19 bits per heavy atom. The fourth-order valence-corrected chi connectivity index (χ4v) is 3.48. The predicted molar refractivity (Wildman–Crippen MR) is 119 cm³/mol. The molecule has 0 fully saturated rings. The maximum Gasteiger partial charge on any atom is 0.308 e. The summed E-state index contributed by atoms with van der Waals surface area (Å²) in [4.78, 5) is 51.8. The number of anilines is 1. The molecule has 0 aliphatic heterocycles. The number of para-hydroxylation sites is 1. The molecule has 2 aromatic rings. The van der Waals surface area contributed by atoms with Gasteiger partial charge in [0.25, 0.3) is 5.69 Å². The quantitative estimate of drug-likeness (QED) is 0.313. The van der Waals surface area contributed by atoms with Crippen molar-refractivity contribution in [1.29, 1.82) is 0 Å². The number of nitrogens with zero attached hydrogens (tertiary/aromatic N) is 2. The van der Waals surface area contributed by atoms with E-state index in [1.54, 1.807) is 39.1 Å². The molecule has 1 aromatic carbocycles. The summed E-state index contributed by atoms with van der Waals surface area (Å²) in [5.41, 5.74) is 0.426. The zero-order valence-electron chi connectivity index (χ0n) is 18.3. The van der Waals surface area contributed by atoms with Gasteiger partial charge in [0.1, 0.15) is 0 Å². The maximum absolute atomic E-state index is 12.7. The molecule has 1 aromatic heterocycles. The van der Waals surface area contributed by atoms with Gasteiger partial charge in [-0.05, 0) is 13.8 Å². The highest BCUT2D eigenvalue weighted by molar-refractivity contribution is 7.13. The first-order valence-corrected chi connectivity index (χ1v) is 10.9. The summed E-state index contributed by atoms with van der Waals surface area (Å²) < 4.78 is 5.15. The fourth-order valence-electron chi connectivity index (χ4n) is 2.77. The number of thiazole rings is 1. The molecule has 0 aliphatic carbocycles. The lowest BCUT2D eigenvalue weighted by atomic mass is 10.0. The number of nitrogens with one attached hydrogen (secondary N) is 2. The number of esters is 1. The summed E-state index contributed by atoms with van der Waals surface area (Å²) in [7, 11) is 0. The lowest BCUT2D eigenvalue weighted by Gasteiger charge is -2.19. The van der Waals surface area contributed by atoms with Gasteiger partial charge in [-0.1, -0.05) is 32.0 Å². The van der Waals surface area contributed by atoms with Crippen molar-refractivity contribution in [3.05, 3.63) is 51.0 Å². The molecular weight excluding hydrogens is 436 g/mol. The Labute approximate surface area is 189 Å². The van der Waals surface area contributed by atoms with Crippen LogP contribution in [-0.4, -0.2) is 33.8 Å². The van der Waals surface area contributed by atoms with E-state index in [-0.39, 0.29) is 42.0 Å². The molecule has 1 heterocycles. The first kappa shape index (κ1) is 24.9. The summed E-state index contributed by atoms with van der Waals surface area (Å²) >= 11 is 1.19. The molecular formula is C21H26N4O6S. The van der Waals surface area contributed by atoms with Crippen LogP contribution in [0.5, 0.6) is 0 Å². The number of ether oxygens (including phenoxy) is 1. The average Bonchev–Trinajstić information content (AvgIpc) is 3.13. The van der Waals surface area contributed by atoms with Crippen LogP contribution in [0.25, 0.3) is 0 Å². The molecule has 0 aliphatic rings. The molecule has 0 radical (unpaired) electrons. The van der Waals surface area contributed by atoms with Crippen LogP contribution in [0, 0.1) is 16.0 Å². The largest absolute Gasteiger partial charge is 0.463 e. The fraction of sp³-hybridized carbons (Fsp3) is 0.429. The van der Waals surface area contributed by atoms with Gasteiger partial charge in [-0.15, -0.1) is 11.3 Å². The topological polar surface area (TPSA) is 141 Å². The number of nitro benzene ring substituents is 1. The lowest BCUT2D eigenvalue weighted by Crippen LogP contribution is -2.32. The van der Waals surface area contributed by atoms with Crippen molar-refractivity contribution >= 4 is 39.9 Å². The zero-order valence-corrected chi connectivity index (χ0v) is 19.1. The standard InChI is InChI=1S/C21H26N4O6S/c1-12(2)20(28)24-21-22-14(11-32-21)9-18(26)23-16(10-19(27)31-13(3)4)15-7-5-6-8-17(15)25(29)30/h5-8,11-13,16H,9-10H2,1-4H3,(H,23,26)(H,22,24,28). The van der Waals surface area contributed by atoms with Gasteiger partial charge in [0, 0.05) is 17.4 Å². The number of hydrogen-bond donors (Lipinski definition) is 2. The highest BCUT2D eigenvalue weighted by Gasteiger charge is 2.27. The molecule has 11 heteroatoms. The van der Waals surface area contributed by atoms with Gasteiger partial charge in [0.05, 0.1) is 41.2 Å². The van der Waals surface area contributed by atoms with Crippen LogP contribution >= 0.6 is 11.3 Å². The van der Waals surface area contributed by atoms with E-state index in [1.165, 1.54) is 29.5 Å². The van der Waals surface area contributed by atoms with Gasteiger partial charge in [-0.3, -0.25) is 24.5 Å². The number of rotatable bonds is 10. The van der Waals surface area contributed by atoms with Crippen molar-refractivity contribution in [1.82, 2.24) is 10.3 Å². The Hall–Kier alpha value is -3.34. The Bertz CT molecular complexity index is 988. The van der Waals surface area contributed by atoms with Crippen molar-refractivity contribution in [3.8, 4) is 0 Å². The zero-order chi connectivity index (χ0) is 23.8. The van der Waals surface area contributed by atoms with Crippen LogP contribution in [0.3, 0.4) is 0 Å². The third-order valence-corrected chi connectivity index (χ3v) is 5.04. The van der Waals surface area contributed by atoms with Crippen LogP contribution in [0.2, 0.25) is 0 Å². The van der Waals surface area contributed by atoms with Crippen LogP contribution in [0.15, 0.2) is 29.6 Å². The molecule has 2 rings (SSSR count). The number of carbonyl (C=O) groups excluding carboxylic acids is 3. The van der Waals surface area contributed by atoms with Gasteiger partial charge in [-0.2, -0.15) is 0 Å². The van der Waals surface area contributed by atoms with Gasteiger partial charge in [-0.25, -0.2) is 4.98 Å². The summed E-state index contributed by atoms with van der Waals surface area (Å²) in [6, 6.07) is 4.96. The van der Waals surface area contributed by atoms with E-state index >= 15 is 0 Å². The molecule has 0 bridgehead atoms. The number of amides is 2. The highest BCUT2D eigenvalue weighted by Crippen LogP contribution is 2.28. The molecule has 10 nitrogen and oxygen atoms in total. The number of hydrogen-bond acceptors (Lipinski definition) is 8. The van der Waals surface area contributed by atoms with Crippen LogP contribution in [-0.2, 0) is 25.5 Å². The van der Waals surface area contributed by atoms with Gasteiger partial charge in [0.15, 0.2) is 5.13 Å². The monoisotopic (exact) mass is 462 g/mol. The SMILES string of the molecule is CC(C)OC(=O)CC(NC(=O)Cc1csc(NC(=O)C(C)C)n1)c1ccccc1[N+](=O)[O-]. The maximum atomic E-state index is 12.7.